The molecule has 0 bridgehead atoms. The van der Waals surface area contributed by atoms with Crippen molar-refractivity contribution >= 4 is 46.4 Å². The zero-order valence-corrected chi connectivity index (χ0v) is 25.4. The van der Waals surface area contributed by atoms with Crippen molar-refractivity contribution in [3.8, 4) is 5.69 Å². The number of thiocarbonyl (C=S) groups is 1. The van der Waals surface area contributed by atoms with Crippen LogP contribution >= 0.6 is 24.0 Å². The Labute approximate surface area is 263 Å². The second kappa shape index (κ2) is 11.9. The van der Waals surface area contributed by atoms with Gasteiger partial charge in [0.1, 0.15) is 0 Å². The molecule has 11 heteroatoms. The Morgan fingerprint density at radius 3 is 2.30 bits per heavy atom. The molecule has 2 atom stereocenters. The van der Waals surface area contributed by atoms with E-state index in [9.17, 15) is 20.0 Å². The van der Waals surface area contributed by atoms with E-state index in [4.69, 9.17) is 12.2 Å². The molecule has 9 nitrogen and oxygen atoms in total. The fourth-order valence-corrected chi connectivity index (χ4v) is 6.82. The van der Waals surface area contributed by atoms with Crippen LogP contribution in [0, 0.1) is 24.0 Å². The second-order valence-corrected chi connectivity index (χ2v) is 11.9. The van der Waals surface area contributed by atoms with Crippen LogP contribution in [-0.2, 0) is 0 Å². The molecule has 2 N–H and O–H groups in total. The van der Waals surface area contributed by atoms with Gasteiger partial charge in [-0.3, -0.25) is 15.1 Å². The van der Waals surface area contributed by atoms with E-state index in [1.807, 2.05) is 62.4 Å². The normalized spacial score (nSPS) is 16.1. The van der Waals surface area contributed by atoms with Crippen LogP contribution in [0.15, 0.2) is 113 Å². The Hall–Kier alpha value is -5.00. The largest absolute Gasteiger partial charge is 0.478 e. The zero-order chi connectivity index (χ0) is 31.0. The maximum atomic E-state index is 11.7. The minimum Gasteiger partial charge on any atom is -0.478 e. The number of carboxylic acid groups (broad SMARTS) is 1. The molecule has 5 aromatic rings. The quantitative estimate of drug-likeness (QED) is 0.104. The average molecular weight is 622 g/mol. The van der Waals surface area contributed by atoms with Crippen LogP contribution in [0.1, 0.15) is 45.1 Å². The molecule has 6 rings (SSSR count). The van der Waals surface area contributed by atoms with Gasteiger partial charge in [0.15, 0.2) is 5.11 Å². The van der Waals surface area contributed by atoms with Crippen LogP contribution in [-0.4, -0.2) is 30.7 Å². The summed E-state index contributed by atoms with van der Waals surface area (Å²) in [5.41, 5.74) is 5.78. The molecule has 0 amide bonds. The number of carboxylic acids is 1. The molecule has 1 fully saturated rings. The molecule has 0 saturated carbocycles. The summed E-state index contributed by atoms with van der Waals surface area (Å²) >= 11 is 7.44. The fraction of sp³-hybridized carbons (Fsp3) is 0.121. The molecule has 3 heterocycles. The lowest BCUT2D eigenvalue weighted by atomic mass is 9.96. The molecule has 2 aromatic heterocycles. The third-order valence-corrected chi connectivity index (χ3v) is 8.97. The SMILES string of the molecule is Cc1cc([C@@H]2[C@@H](c3ccccn3)NC(=S)N2c2ccc(Sc3ccc([N+](=O)[O-])cc3)cc2)c(C)n1-c1cccc(C(=O)O)c1. The van der Waals surface area contributed by atoms with E-state index in [1.165, 1.54) is 23.9 Å². The molecule has 0 aliphatic carbocycles. The summed E-state index contributed by atoms with van der Waals surface area (Å²) < 4.78 is 2.07. The number of carbonyl (C=O) groups is 1. The van der Waals surface area contributed by atoms with Crippen LogP contribution in [0.4, 0.5) is 11.4 Å². The monoisotopic (exact) mass is 621 g/mol. The van der Waals surface area contributed by atoms with Crippen LogP contribution in [0.2, 0.25) is 0 Å². The molecule has 0 unspecified atom stereocenters. The summed E-state index contributed by atoms with van der Waals surface area (Å²) in [4.78, 5) is 30.9. The molecule has 1 saturated heterocycles. The first-order valence-corrected chi connectivity index (χ1v) is 15.0. The highest BCUT2D eigenvalue weighted by Crippen LogP contribution is 2.44. The van der Waals surface area contributed by atoms with Crippen molar-refractivity contribution in [1.29, 1.82) is 0 Å². The molecule has 1 aliphatic heterocycles. The van der Waals surface area contributed by atoms with E-state index in [2.05, 4.69) is 25.8 Å². The predicted octanol–water partition coefficient (Wildman–Crippen LogP) is 7.42. The molecule has 220 valence electrons. The molecule has 1 aliphatic rings. The third kappa shape index (κ3) is 5.54. The number of nitro groups is 1. The number of nitrogens with zero attached hydrogens (tertiary/aromatic N) is 4. The summed E-state index contributed by atoms with van der Waals surface area (Å²) in [5.74, 6) is -0.976. The Balaban J connectivity index is 1.38. The Kier molecular flexibility index (Phi) is 7.90. The number of nitro benzene ring substituents is 1. The summed E-state index contributed by atoms with van der Waals surface area (Å²) in [6.07, 6.45) is 1.77. The van der Waals surface area contributed by atoms with Crippen molar-refractivity contribution < 1.29 is 14.8 Å². The molecular formula is C33H27N5O4S2. The lowest BCUT2D eigenvalue weighted by Gasteiger charge is -2.28. The smallest absolute Gasteiger partial charge is 0.335 e. The first-order chi connectivity index (χ1) is 21.2. The van der Waals surface area contributed by atoms with Gasteiger partial charge in [0, 0.05) is 50.9 Å². The maximum absolute atomic E-state index is 11.7. The van der Waals surface area contributed by atoms with Gasteiger partial charge in [0.05, 0.1) is 28.3 Å². The molecule has 0 spiro atoms. The summed E-state index contributed by atoms with van der Waals surface area (Å²) in [6.45, 7) is 4.05. The number of non-ortho nitro benzene ring substituents is 1. The zero-order valence-electron chi connectivity index (χ0n) is 23.7. The fourth-order valence-electron chi connectivity index (χ4n) is 5.66. The van der Waals surface area contributed by atoms with E-state index in [-0.39, 0.29) is 23.3 Å². The van der Waals surface area contributed by atoms with Gasteiger partial charge in [-0.25, -0.2) is 4.79 Å². The van der Waals surface area contributed by atoms with Crippen LogP contribution < -0.4 is 10.2 Å². The van der Waals surface area contributed by atoms with Gasteiger partial charge >= 0.3 is 5.97 Å². The predicted molar refractivity (Wildman–Crippen MR) is 174 cm³/mol. The number of pyridine rings is 1. The van der Waals surface area contributed by atoms with Crippen molar-refractivity contribution in [2.24, 2.45) is 0 Å². The lowest BCUT2D eigenvalue weighted by Crippen LogP contribution is -2.29. The number of aryl methyl sites for hydroxylation is 1. The molecular weight excluding hydrogens is 595 g/mol. The van der Waals surface area contributed by atoms with Gasteiger partial charge in [-0.15, -0.1) is 0 Å². The highest BCUT2D eigenvalue weighted by atomic mass is 32.2. The van der Waals surface area contributed by atoms with Crippen LogP contribution in [0.5, 0.6) is 0 Å². The number of nitrogens with one attached hydrogen (secondary N) is 1. The number of aromatic carboxylic acids is 1. The number of benzene rings is 3. The Bertz CT molecular complexity index is 1880. The maximum Gasteiger partial charge on any atom is 0.335 e. The van der Waals surface area contributed by atoms with Gasteiger partial charge in [-0.05, 0) is 104 Å². The Morgan fingerprint density at radius 2 is 1.66 bits per heavy atom. The van der Waals surface area contributed by atoms with Crippen LogP contribution in [0.3, 0.4) is 0 Å². The third-order valence-electron chi connectivity index (χ3n) is 7.64. The van der Waals surface area contributed by atoms with Gasteiger partial charge in [-0.2, -0.15) is 0 Å². The molecule has 3 aromatic carbocycles. The van der Waals surface area contributed by atoms with Gasteiger partial charge in [0.25, 0.3) is 5.69 Å². The van der Waals surface area contributed by atoms with Crippen molar-refractivity contribution in [3.63, 3.8) is 0 Å². The number of hydrogen-bond donors (Lipinski definition) is 2. The number of aromatic nitrogens is 2. The number of hydrogen-bond acceptors (Lipinski definition) is 6. The summed E-state index contributed by atoms with van der Waals surface area (Å²) in [7, 11) is 0. The first kappa shape index (κ1) is 29.1. The minimum absolute atomic E-state index is 0.0576. The van der Waals surface area contributed by atoms with Crippen molar-refractivity contribution in [3.05, 3.63) is 142 Å². The van der Waals surface area contributed by atoms with Crippen molar-refractivity contribution in [2.45, 2.75) is 35.7 Å². The van der Waals surface area contributed by atoms with E-state index >= 15 is 0 Å². The average Bonchev–Trinajstić information content (AvgIpc) is 3.52. The van der Waals surface area contributed by atoms with Gasteiger partial charge in [0.2, 0.25) is 0 Å². The van der Waals surface area contributed by atoms with Crippen molar-refractivity contribution in [2.75, 3.05) is 4.90 Å². The van der Waals surface area contributed by atoms with Gasteiger partial charge in [-0.1, -0.05) is 23.9 Å². The van der Waals surface area contributed by atoms with E-state index < -0.39 is 10.9 Å². The van der Waals surface area contributed by atoms with E-state index in [1.54, 1.807) is 36.5 Å². The first-order valence-electron chi connectivity index (χ1n) is 13.8. The second-order valence-electron chi connectivity index (χ2n) is 10.4. The topological polar surface area (TPSA) is 114 Å². The highest BCUT2D eigenvalue weighted by Gasteiger charge is 2.42. The van der Waals surface area contributed by atoms with E-state index in [0.29, 0.717) is 5.11 Å². The summed E-state index contributed by atoms with van der Waals surface area (Å²) in [5, 5.41) is 24.7. The number of rotatable bonds is 8. The summed E-state index contributed by atoms with van der Waals surface area (Å²) in [6, 6.07) is 28.9. The number of anilines is 1. The van der Waals surface area contributed by atoms with E-state index in [0.717, 1.165) is 43.8 Å². The standard InChI is InChI=1S/C33H27N5O4S2/c1-20-18-28(21(2)36(20)25-7-5-6-22(19-25)32(39)40)31-30(29-8-3-4-17-34-29)35-33(43)37(31)23-9-13-26(14-10-23)44-27-15-11-24(12-16-27)38(41)42/h3-19,30-31H,1-2H3,(H,35,43)(H,39,40)/t30-,31-/m1/s1. The minimum atomic E-state index is -0.976. The molecule has 44 heavy (non-hydrogen) atoms. The highest BCUT2D eigenvalue weighted by molar-refractivity contribution is 7.99. The Morgan fingerprint density at radius 1 is 0.955 bits per heavy atom. The van der Waals surface area contributed by atoms with Crippen LogP contribution in [0.25, 0.3) is 5.69 Å². The molecule has 0 radical (unpaired) electrons. The van der Waals surface area contributed by atoms with Crippen molar-refractivity contribution in [1.82, 2.24) is 14.9 Å². The lowest BCUT2D eigenvalue weighted by molar-refractivity contribution is -0.384. The van der Waals surface area contributed by atoms with Gasteiger partial charge < -0.3 is 19.9 Å².